The summed E-state index contributed by atoms with van der Waals surface area (Å²) in [4.78, 5) is 24.7. The molecule has 2 aromatic carbocycles. The normalized spacial score (nSPS) is 14.2. The van der Waals surface area contributed by atoms with Gasteiger partial charge >= 0.3 is 4.87 Å². The Bertz CT molecular complexity index is 1210. The number of fused-ring (bicyclic) bond motifs is 1. The van der Waals surface area contributed by atoms with Gasteiger partial charge in [0.15, 0.2) is 5.78 Å². The van der Waals surface area contributed by atoms with Crippen LogP contribution in [0.4, 0.5) is 0 Å². The number of aromatic nitrogens is 1. The minimum absolute atomic E-state index is 0.153. The molecule has 1 aromatic heterocycles. The van der Waals surface area contributed by atoms with E-state index in [1.807, 2.05) is 24.3 Å². The second-order valence-electron chi connectivity index (χ2n) is 6.33. The smallest absolute Gasteiger partial charge is 0.310 e. The highest BCUT2D eigenvalue weighted by Gasteiger charge is 2.20. The average Bonchev–Trinajstić information content (AvgIpc) is 2.99. The Morgan fingerprint density at radius 3 is 2.66 bits per heavy atom. The maximum absolute atomic E-state index is 12.4. The van der Waals surface area contributed by atoms with Gasteiger partial charge in [-0.2, -0.15) is 0 Å². The molecule has 3 aromatic rings. The average molecular weight is 426 g/mol. The molecule has 1 heterocycles. The fourth-order valence-electron chi connectivity index (χ4n) is 3.07. The summed E-state index contributed by atoms with van der Waals surface area (Å²) in [7, 11) is 0. The van der Waals surface area contributed by atoms with E-state index < -0.39 is 0 Å². The van der Waals surface area contributed by atoms with Crippen LogP contribution >= 0.6 is 22.9 Å². The van der Waals surface area contributed by atoms with Crippen molar-refractivity contribution < 1.29 is 14.6 Å². The number of para-hydroxylation sites is 1. The maximum atomic E-state index is 12.4. The largest absolute Gasteiger partial charge is 0.493 e. The zero-order valence-corrected chi connectivity index (χ0v) is 16.7. The van der Waals surface area contributed by atoms with Gasteiger partial charge in [-0.3, -0.25) is 14.2 Å². The lowest BCUT2D eigenvalue weighted by molar-refractivity contribution is -0.109. The molecule has 0 fully saturated rings. The van der Waals surface area contributed by atoms with Crippen molar-refractivity contribution in [1.29, 1.82) is 0 Å². The molecule has 0 saturated carbocycles. The van der Waals surface area contributed by atoms with Crippen LogP contribution in [0.2, 0.25) is 5.02 Å². The molecule has 1 N–H and O–H groups in total. The number of nitrogens with zero attached hydrogens (tertiary/aromatic N) is 1. The summed E-state index contributed by atoms with van der Waals surface area (Å²) >= 11 is 6.93. The highest BCUT2D eigenvalue weighted by atomic mass is 35.5. The van der Waals surface area contributed by atoms with Crippen LogP contribution in [0, 0.1) is 0 Å². The minimum Gasteiger partial charge on any atom is -0.493 e. The third-order valence-corrected chi connectivity index (χ3v) is 5.74. The van der Waals surface area contributed by atoms with E-state index in [9.17, 15) is 14.7 Å². The zero-order chi connectivity index (χ0) is 20.4. The van der Waals surface area contributed by atoms with Crippen LogP contribution < -0.4 is 9.61 Å². The van der Waals surface area contributed by atoms with E-state index in [2.05, 4.69) is 0 Å². The molecular weight excluding hydrogens is 410 g/mol. The number of thiazole rings is 1. The van der Waals surface area contributed by atoms with Crippen LogP contribution in [0.25, 0.3) is 17.7 Å². The third kappa shape index (κ3) is 3.90. The Labute approximate surface area is 175 Å². The zero-order valence-electron chi connectivity index (χ0n) is 15.2. The van der Waals surface area contributed by atoms with Crippen molar-refractivity contribution in [2.45, 2.75) is 6.54 Å². The van der Waals surface area contributed by atoms with Crippen molar-refractivity contribution in [2.75, 3.05) is 6.61 Å². The van der Waals surface area contributed by atoms with Gasteiger partial charge in [-0.1, -0.05) is 65.4 Å². The van der Waals surface area contributed by atoms with Crippen LogP contribution in [0.1, 0.15) is 16.0 Å². The number of benzene rings is 2. The molecule has 7 heteroatoms. The highest BCUT2D eigenvalue weighted by molar-refractivity contribution is 7.10. The van der Waals surface area contributed by atoms with Gasteiger partial charge in [0.25, 0.3) is 0 Å². The topological polar surface area (TPSA) is 68.5 Å². The summed E-state index contributed by atoms with van der Waals surface area (Å²) in [6.07, 6.45) is 4.81. The fourth-order valence-corrected chi connectivity index (χ4v) is 4.11. The van der Waals surface area contributed by atoms with Crippen LogP contribution in [-0.2, 0) is 11.3 Å². The van der Waals surface area contributed by atoms with E-state index in [1.54, 1.807) is 36.4 Å². The first-order chi connectivity index (χ1) is 14.0. The van der Waals surface area contributed by atoms with Gasteiger partial charge in [-0.05, 0) is 35.4 Å². The summed E-state index contributed by atoms with van der Waals surface area (Å²) < 4.78 is 6.82. The second-order valence-corrected chi connectivity index (χ2v) is 7.73. The molecule has 5 nitrogen and oxygen atoms in total. The molecule has 0 aliphatic heterocycles. The van der Waals surface area contributed by atoms with E-state index in [-0.39, 0.29) is 29.7 Å². The van der Waals surface area contributed by atoms with E-state index in [0.717, 1.165) is 22.5 Å². The number of carbonyl (C=O) groups is 1. The van der Waals surface area contributed by atoms with E-state index in [4.69, 9.17) is 16.3 Å². The molecule has 0 spiro atoms. The molecule has 0 radical (unpaired) electrons. The number of allylic oxidation sites excluding steroid dienone is 2. The predicted octanol–water partition coefficient (Wildman–Crippen LogP) is 4.48. The van der Waals surface area contributed by atoms with Gasteiger partial charge in [0, 0.05) is 5.57 Å². The van der Waals surface area contributed by atoms with E-state index in [0.29, 0.717) is 21.2 Å². The fraction of sp³-hybridized carbons (Fsp3) is 0.0909. The molecule has 29 heavy (non-hydrogen) atoms. The van der Waals surface area contributed by atoms with Crippen LogP contribution in [-0.4, -0.2) is 22.1 Å². The number of hydrogen-bond donors (Lipinski definition) is 1. The molecule has 1 aliphatic carbocycles. The first-order valence-corrected chi connectivity index (χ1v) is 10.1. The molecule has 1 aliphatic rings. The predicted molar refractivity (Wildman–Crippen MR) is 116 cm³/mol. The number of ether oxygens (including phenoxy) is 1. The maximum Gasteiger partial charge on any atom is 0.310 e. The molecule has 0 saturated heterocycles. The number of ketones is 1. The Morgan fingerprint density at radius 1 is 1.07 bits per heavy atom. The third-order valence-electron chi connectivity index (χ3n) is 4.51. The van der Waals surface area contributed by atoms with Crippen LogP contribution in [0.15, 0.2) is 59.4 Å². The van der Waals surface area contributed by atoms with Crippen LogP contribution in [0.5, 0.6) is 11.6 Å². The van der Waals surface area contributed by atoms with Crippen molar-refractivity contribution in [3.8, 4) is 11.6 Å². The lowest BCUT2D eigenvalue weighted by Crippen LogP contribution is -2.17. The molecule has 0 unspecified atom stereocenters. The minimum atomic E-state index is -0.329. The molecule has 0 bridgehead atoms. The molecule has 0 amide bonds. The number of hydrogen-bond acceptors (Lipinski definition) is 5. The van der Waals surface area contributed by atoms with Gasteiger partial charge in [0.2, 0.25) is 5.88 Å². The van der Waals surface area contributed by atoms with Gasteiger partial charge in [0.05, 0.1) is 16.4 Å². The summed E-state index contributed by atoms with van der Waals surface area (Å²) in [6.45, 7) is 0.314. The number of halogens is 1. The van der Waals surface area contributed by atoms with Gasteiger partial charge < -0.3 is 9.84 Å². The Balaban J connectivity index is 1.58. The Kier molecular flexibility index (Phi) is 5.38. The van der Waals surface area contributed by atoms with Crippen LogP contribution in [0.3, 0.4) is 0 Å². The van der Waals surface area contributed by atoms with Crippen molar-refractivity contribution in [1.82, 2.24) is 4.57 Å². The molecule has 4 rings (SSSR count). The summed E-state index contributed by atoms with van der Waals surface area (Å²) in [6, 6.07) is 14.5. The lowest BCUT2D eigenvalue weighted by atomic mass is 9.91. The van der Waals surface area contributed by atoms with Crippen molar-refractivity contribution in [3.63, 3.8) is 0 Å². The SMILES string of the molecule is O=C1C=Cc2ccccc2/C1=C/c1sc(=O)n(CCOc2ccccc2Cl)c1O. The van der Waals surface area contributed by atoms with Crippen molar-refractivity contribution in [2.24, 2.45) is 0 Å². The van der Waals surface area contributed by atoms with E-state index >= 15 is 0 Å². The number of aromatic hydroxyl groups is 1. The van der Waals surface area contributed by atoms with Gasteiger partial charge in [0.1, 0.15) is 12.4 Å². The monoisotopic (exact) mass is 425 g/mol. The first-order valence-electron chi connectivity index (χ1n) is 8.88. The highest BCUT2D eigenvalue weighted by Crippen LogP contribution is 2.31. The quantitative estimate of drug-likeness (QED) is 0.612. The standard InChI is InChI=1S/C22H16ClNO4S/c23-17-7-3-4-8-19(17)28-12-11-24-21(26)20(29-22(24)27)13-16-15-6-2-1-5-14(15)9-10-18(16)25/h1-10,13,26H,11-12H2/b16-13-. The Hall–Kier alpha value is -3.09. The number of carbonyl (C=O) groups excluding carboxylic acids is 1. The summed E-state index contributed by atoms with van der Waals surface area (Å²) in [5.41, 5.74) is 2.13. The van der Waals surface area contributed by atoms with E-state index in [1.165, 1.54) is 10.6 Å². The molecule has 146 valence electrons. The molecular formula is C22H16ClNO4S. The first kappa shape index (κ1) is 19.2. The Morgan fingerprint density at radius 2 is 1.83 bits per heavy atom. The van der Waals surface area contributed by atoms with Gasteiger partial charge in [-0.25, -0.2) is 0 Å². The second kappa shape index (κ2) is 8.11. The molecule has 0 atom stereocenters. The summed E-state index contributed by atoms with van der Waals surface area (Å²) in [5.74, 6) is 0.156. The number of rotatable bonds is 5. The van der Waals surface area contributed by atoms with Crippen molar-refractivity contribution >= 4 is 46.4 Å². The van der Waals surface area contributed by atoms with Crippen molar-refractivity contribution in [3.05, 3.63) is 85.3 Å². The van der Waals surface area contributed by atoms with Gasteiger partial charge in [-0.15, -0.1) is 0 Å². The summed E-state index contributed by atoms with van der Waals surface area (Å²) in [5, 5.41) is 11.0. The lowest BCUT2D eigenvalue weighted by Gasteiger charge is -2.12.